The molecule has 9 heteroatoms. The van der Waals surface area contributed by atoms with Gasteiger partial charge in [0.1, 0.15) is 5.92 Å². The van der Waals surface area contributed by atoms with Crippen molar-refractivity contribution >= 4 is 11.9 Å². The fourth-order valence-electron chi connectivity index (χ4n) is 4.00. The molecule has 0 aliphatic carbocycles. The normalized spacial score (nSPS) is 17.6. The SMILES string of the molecule is COc1cc2c(cc1OC)[C@H](C(=O)O)[C@H](c1cc(OC)c(OC)c(OC)c1)N(C)C2=O. The predicted octanol–water partition coefficient (Wildman–Crippen LogP) is 2.72. The Kier molecular flexibility index (Phi) is 6.14. The minimum absolute atomic E-state index is 0.247. The van der Waals surface area contributed by atoms with Gasteiger partial charge in [0.05, 0.1) is 41.6 Å². The highest BCUT2D eigenvalue weighted by Crippen LogP contribution is 2.48. The molecular weight excluding hydrogens is 406 g/mol. The monoisotopic (exact) mass is 431 g/mol. The van der Waals surface area contributed by atoms with E-state index in [2.05, 4.69) is 0 Å². The molecule has 0 bridgehead atoms. The average molecular weight is 431 g/mol. The third-order valence-electron chi connectivity index (χ3n) is 5.47. The average Bonchev–Trinajstić information content (AvgIpc) is 2.78. The Morgan fingerprint density at radius 2 is 1.35 bits per heavy atom. The smallest absolute Gasteiger partial charge is 0.313 e. The van der Waals surface area contributed by atoms with Crippen molar-refractivity contribution < 1.29 is 38.4 Å². The molecule has 0 aromatic heterocycles. The van der Waals surface area contributed by atoms with E-state index in [1.807, 2.05) is 0 Å². The zero-order valence-electron chi connectivity index (χ0n) is 18.2. The summed E-state index contributed by atoms with van der Waals surface area (Å²) in [6.45, 7) is 0. The van der Waals surface area contributed by atoms with Crippen LogP contribution < -0.4 is 23.7 Å². The van der Waals surface area contributed by atoms with Gasteiger partial charge in [-0.25, -0.2) is 0 Å². The van der Waals surface area contributed by atoms with Gasteiger partial charge in [-0.1, -0.05) is 0 Å². The molecule has 2 aromatic carbocycles. The molecule has 166 valence electrons. The predicted molar refractivity (Wildman–Crippen MR) is 111 cm³/mol. The lowest BCUT2D eigenvalue weighted by molar-refractivity contribution is -0.140. The third-order valence-corrected chi connectivity index (χ3v) is 5.47. The second kappa shape index (κ2) is 8.63. The zero-order valence-corrected chi connectivity index (χ0v) is 18.2. The molecule has 1 N–H and O–H groups in total. The van der Waals surface area contributed by atoms with Crippen molar-refractivity contribution in [1.29, 1.82) is 0 Å². The van der Waals surface area contributed by atoms with Crippen molar-refractivity contribution in [3.05, 3.63) is 41.0 Å². The Labute approximate surface area is 180 Å². The molecule has 0 spiro atoms. The molecule has 9 nitrogen and oxygen atoms in total. The first-order chi connectivity index (χ1) is 14.8. The van der Waals surface area contributed by atoms with Gasteiger partial charge in [-0.2, -0.15) is 0 Å². The van der Waals surface area contributed by atoms with Crippen LogP contribution in [0.4, 0.5) is 0 Å². The first-order valence-electron chi connectivity index (χ1n) is 9.38. The molecule has 0 unspecified atom stereocenters. The summed E-state index contributed by atoms with van der Waals surface area (Å²) in [5.74, 6) is -0.719. The standard InChI is InChI=1S/C22H25NO8/c1-23-19(11-7-16(29-4)20(31-6)17(8-11)30-5)18(22(25)26)12-9-14(27-2)15(28-3)10-13(12)21(23)24/h7-10,18-19H,1-6H3,(H,25,26)/t18-,19-/m0/s1. The van der Waals surface area contributed by atoms with Gasteiger partial charge >= 0.3 is 5.97 Å². The van der Waals surface area contributed by atoms with Crippen molar-refractivity contribution in [2.24, 2.45) is 0 Å². The van der Waals surface area contributed by atoms with Crippen LogP contribution in [0.25, 0.3) is 0 Å². The van der Waals surface area contributed by atoms with Crippen LogP contribution in [0.5, 0.6) is 28.7 Å². The summed E-state index contributed by atoms with van der Waals surface area (Å²) in [6.07, 6.45) is 0. The number of rotatable bonds is 7. The minimum Gasteiger partial charge on any atom is -0.493 e. The summed E-state index contributed by atoms with van der Waals surface area (Å²) in [5, 5.41) is 10.2. The van der Waals surface area contributed by atoms with Crippen LogP contribution in [0.3, 0.4) is 0 Å². The highest BCUT2D eigenvalue weighted by Gasteiger charge is 2.44. The maximum Gasteiger partial charge on any atom is 0.313 e. The number of ether oxygens (including phenoxy) is 5. The van der Waals surface area contributed by atoms with Gasteiger partial charge in [0.2, 0.25) is 5.75 Å². The Hall–Kier alpha value is -3.62. The molecule has 0 fully saturated rings. The number of carboxylic acid groups (broad SMARTS) is 1. The van der Waals surface area contributed by atoms with Crippen LogP contribution in [0.2, 0.25) is 0 Å². The number of fused-ring (bicyclic) bond motifs is 1. The number of methoxy groups -OCH3 is 5. The molecule has 2 atom stereocenters. The quantitative estimate of drug-likeness (QED) is 0.714. The molecule has 0 saturated carbocycles. The molecule has 1 amide bonds. The lowest BCUT2D eigenvalue weighted by atomic mass is 9.79. The van der Waals surface area contributed by atoms with E-state index in [1.165, 1.54) is 46.5 Å². The topological polar surface area (TPSA) is 104 Å². The maximum absolute atomic E-state index is 13.2. The molecule has 0 saturated heterocycles. The van der Waals surface area contributed by atoms with Crippen LogP contribution in [0.15, 0.2) is 24.3 Å². The van der Waals surface area contributed by atoms with Crippen molar-refractivity contribution in [3.63, 3.8) is 0 Å². The first-order valence-corrected chi connectivity index (χ1v) is 9.38. The Bertz CT molecular complexity index is 994. The highest BCUT2D eigenvalue weighted by molar-refractivity contribution is 6.01. The Morgan fingerprint density at radius 3 is 1.81 bits per heavy atom. The molecule has 1 heterocycles. The molecule has 0 radical (unpaired) electrons. The minimum atomic E-state index is -1.09. The number of amides is 1. The molecule has 3 rings (SSSR count). The van der Waals surface area contributed by atoms with Crippen LogP contribution in [-0.4, -0.2) is 64.5 Å². The van der Waals surface area contributed by atoms with E-state index in [-0.39, 0.29) is 11.5 Å². The summed E-state index contributed by atoms with van der Waals surface area (Å²) in [7, 11) is 8.88. The fourth-order valence-corrected chi connectivity index (χ4v) is 4.00. The van der Waals surface area contributed by atoms with Gasteiger partial charge in [-0.3, -0.25) is 9.59 Å². The van der Waals surface area contributed by atoms with Crippen molar-refractivity contribution in [1.82, 2.24) is 4.90 Å². The van der Waals surface area contributed by atoms with Crippen molar-refractivity contribution in [2.45, 2.75) is 12.0 Å². The Morgan fingerprint density at radius 1 is 0.839 bits per heavy atom. The van der Waals surface area contributed by atoms with Gasteiger partial charge in [0.25, 0.3) is 5.91 Å². The molecule has 1 aliphatic heterocycles. The summed E-state index contributed by atoms with van der Waals surface area (Å²) < 4.78 is 26.8. The van der Waals surface area contributed by atoms with Gasteiger partial charge in [0.15, 0.2) is 23.0 Å². The summed E-state index contributed by atoms with van der Waals surface area (Å²) in [6, 6.07) is 5.52. The van der Waals surface area contributed by atoms with Crippen LogP contribution >= 0.6 is 0 Å². The zero-order chi connectivity index (χ0) is 22.9. The van der Waals surface area contributed by atoms with E-state index in [0.29, 0.717) is 39.9 Å². The van der Waals surface area contributed by atoms with Crippen LogP contribution in [0, 0.1) is 0 Å². The lowest BCUT2D eigenvalue weighted by Crippen LogP contribution is -2.42. The van der Waals surface area contributed by atoms with Crippen LogP contribution in [0.1, 0.15) is 33.4 Å². The van der Waals surface area contributed by atoms with E-state index >= 15 is 0 Å². The van der Waals surface area contributed by atoms with Crippen molar-refractivity contribution in [2.75, 3.05) is 42.6 Å². The lowest BCUT2D eigenvalue weighted by Gasteiger charge is -2.39. The van der Waals surface area contributed by atoms with Gasteiger partial charge in [-0.05, 0) is 35.4 Å². The number of hydrogen-bond donors (Lipinski definition) is 1. The molecule has 2 aromatic rings. The number of nitrogens with zero attached hydrogens (tertiary/aromatic N) is 1. The molecular formula is C22H25NO8. The van der Waals surface area contributed by atoms with Gasteiger partial charge in [0, 0.05) is 12.6 Å². The first kappa shape index (κ1) is 22.1. The number of aliphatic carboxylic acids is 1. The largest absolute Gasteiger partial charge is 0.493 e. The van der Waals surface area contributed by atoms with E-state index in [9.17, 15) is 14.7 Å². The number of carbonyl (C=O) groups is 2. The maximum atomic E-state index is 13.2. The number of carbonyl (C=O) groups excluding carboxylic acids is 1. The number of benzene rings is 2. The van der Waals surface area contributed by atoms with E-state index in [4.69, 9.17) is 23.7 Å². The number of likely N-dealkylation sites (N-methyl/N-ethyl adjacent to an activating group) is 1. The number of carboxylic acids is 1. The van der Waals surface area contributed by atoms with Gasteiger partial charge < -0.3 is 33.7 Å². The second-order valence-electron chi connectivity index (χ2n) is 6.93. The second-order valence-corrected chi connectivity index (χ2v) is 6.93. The summed E-state index contributed by atoms with van der Waals surface area (Å²) in [5.41, 5.74) is 1.11. The van der Waals surface area contributed by atoms with E-state index in [0.717, 1.165) is 0 Å². The summed E-state index contributed by atoms with van der Waals surface area (Å²) >= 11 is 0. The van der Waals surface area contributed by atoms with Crippen LogP contribution in [-0.2, 0) is 4.79 Å². The number of hydrogen-bond acceptors (Lipinski definition) is 7. The third kappa shape index (κ3) is 3.56. The molecule has 31 heavy (non-hydrogen) atoms. The molecule has 1 aliphatic rings. The fraction of sp³-hybridized carbons (Fsp3) is 0.364. The highest BCUT2D eigenvalue weighted by atomic mass is 16.5. The summed E-state index contributed by atoms with van der Waals surface area (Å²) in [4.78, 5) is 27.1. The van der Waals surface area contributed by atoms with Gasteiger partial charge in [-0.15, -0.1) is 0 Å². The van der Waals surface area contributed by atoms with E-state index in [1.54, 1.807) is 25.2 Å². The van der Waals surface area contributed by atoms with Crippen molar-refractivity contribution in [3.8, 4) is 28.7 Å². The van der Waals surface area contributed by atoms with E-state index < -0.39 is 17.9 Å². The Balaban J connectivity index is 2.27.